The van der Waals surface area contributed by atoms with Crippen molar-refractivity contribution in [3.8, 4) is 11.5 Å². The first kappa shape index (κ1) is 39.0. The van der Waals surface area contributed by atoms with Gasteiger partial charge in [0, 0.05) is 35.5 Å². The molecule has 0 amide bonds. The molecule has 233 valence electrons. The summed E-state index contributed by atoms with van der Waals surface area (Å²) in [5.41, 5.74) is 5.52. The number of phenols is 2. The molecule has 3 aromatic rings. The fourth-order valence-electron chi connectivity index (χ4n) is 3.80. The molecule has 3 aromatic carbocycles. The fourth-order valence-corrected chi connectivity index (χ4v) is 3.80. The van der Waals surface area contributed by atoms with Crippen molar-refractivity contribution >= 4 is 35.7 Å². The maximum atomic E-state index is 10.3. The summed E-state index contributed by atoms with van der Waals surface area (Å²) in [6, 6.07) is 18.9. The second-order valence-corrected chi connectivity index (χ2v) is 12.3. The largest absolute Gasteiger partial charge is 2.00 e. The molecule has 43 heavy (non-hydrogen) atoms. The van der Waals surface area contributed by atoms with E-state index in [0.717, 1.165) is 38.1 Å². The van der Waals surface area contributed by atoms with Gasteiger partial charge in [-0.3, -0.25) is 9.98 Å². The molecule has 0 atom stereocenters. The fraction of sp³-hybridized carbons (Fsp3) is 0.353. The summed E-state index contributed by atoms with van der Waals surface area (Å²) in [4.78, 5) is 26.9. The van der Waals surface area contributed by atoms with Crippen LogP contribution in [-0.4, -0.2) is 34.6 Å². The van der Waals surface area contributed by atoms with E-state index in [9.17, 15) is 10.2 Å². The van der Waals surface area contributed by atoms with Gasteiger partial charge in [0.05, 0.1) is 11.4 Å². The van der Waals surface area contributed by atoms with E-state index in [2.05, 4.69) is 51.5 Å². The van der Waals surface area contributed by atoms with E-state index in [1.807, 2.05) is 48.5 Å². The van der Waals surface area contributed by atoms with E-state index in [1.54, 1.807) is 24.6 Å². The monoisotopic (exact) mass is 633 g/mol. The number of nitrogens with zero attached hydrogens (tertiary/aromatic N) is 2. The molecule has 0 bridgehead atoms. The SMILES string of the molecule is CC(=O)[O-].CC(=O)[O-].CC(C)(C)Cc1ccc(O)c(C=Nc2cccc(N=Cc3cc(CC(C)(C)C)ccc3O)c2)c1.[Co+2]. The van der Waals surface area contributed by atoms with Crippen LogP contribution in [0.15, 0.2) is 70.6 Å². The summed E-state index contributed by atoms with van der Waals surface area (Å²) in [6.45, 7) is 15.1. The summed E-state index contributed by atoms with van der Waals surface area (Å²) in [7, 11) is 0. The first-order valence-corrected chi connectivity index (χ1v) is 13.5. The first-order chi connectivity index (χ1) is 19.3. The second kappa shape index (κ2) is 17.9. The van der Waals surface area contributed by atoms with Gasteiger partial charge in [-0.25, -0.2) is 0 Å². The summed E-state index contributed by atoms with van der Waals surface area (Å²) in [5.74, 6) is -1.75. The molecule has 0 aliphatic carbocycles. The van der Waals surface area contributed by atoms with E-state index in [1.165, 1.54) is 11.1 Å². The molecule has 9 heteroatoms. The van der Waals surface area contributed by atoms with E-state index in [-0.39, 0.29) is 39.1 Å². The van der Waals surface area contributed by atoms with Crippen LogP contribution in [0.1, 0.15) is 77.6 Å². The van der Waals surface area contributed by atoms with E-state index < -0.39 is 11.9 Å². The third kappa shape index (κ3) is 18.2. The van der Waals surface area contributed by atoms with Crippen LogP contribution in [0.5, 0.6) is 11.5 Å². The molecule has 8 nitrogen and oxygen atoms in total. The van der Waals surface area contributed by atoms with E-state index >= 15 is 0 Å². The molecule has 0 aliphatic heterocycles. The minimum absolute atomic E-state index is 0. The standard InChI is InChI=1S/C30H36N2O2.2C2H4O2.Co/c1-29(2,3)17-21-10-12-27(33)23(14-21)19-31-25-8-7-9-26(16-25)32-20-24-15-22(11-13-28(24)34)18-30(4,5)6;2*1-2(3)4;/h7-16,19-20,33-34H,17-18H2,1-6H3;2*1H3,(H,3,4);/q;;;+2/p-2. The van der Waals surface area contributed by atoms with Crippen LogP contribution in [0, 0.1) is 10.8 Å². The third-order valence-electron chi connectivity index (χ3n) is 5.19. The number of carboxylic acids is 2. The van der Waals surface area contributed by atoms with Crippen molar-refractivity contribution in [2.45, 2.75) is 68.2 Å². The zero-order valence-corrected chi connectivity index (χ0v) is 27.1. The minimum Gasteiger partial charge on any atom is -0.550 e. The average Bonchev–Trinajstić information content (AvgIpc) is 2.82. The van der Waals surface area contributed by atoms with E-state index in [0.29, 0.717) is 11.1 Å². The summed E-state index contributed by atoms with van der Waals surface area (Å²) < 4.78 is 0. The number of aliphatic carboxylic acids is 2. The van der Waals surface area contributed by atoms with Crippen molar-refractivity contribution in [3.63, 3.8) is 0 Å². The quantitative estimate of drug-likeness (QED) is 0.353. The van der Waals surface area contributed by atoms with Crippen molar-refractivity contribution in [1.82, 2.24) is 0 Å². The van der Waals surface area contributed by atoms with Crippen LogP contribution in [-0.2, 0) is 39.2 Å². The predicted molar refractivity (Wildman–Crippen MR) is 165 cm³/mol. The summed E-state index contributed by atoms with van der Waals surface area (Å²) in [5, 5.41) is 38.3. The number of aliphatic imine (C=N–C) groups is 2. The molecule has 2 N–H and O–H groups in total. The van der Waals surface area contributed by atoms with Gasteiger partial charge in [-0.15, -0.1) is 0 Å². The molecule has 0 saturated heterocycles. The number of hydrogen-bond acceptors (Lipinski definition) is 8. The van der Waals surface area contributed by atoms with Gasteiger partial charge in [-0.05, 0) is 91.1 Å². The Bertz CT molecular complexity index is 1290. The predicted octanol–water partition coefficient (Wildman–Crippen LogP) is 5.29. The van der Waals surface area contributed by atoms with Crippen molar-refractivity contribution in [3.05, 3.63) is 82.9 Å². The number of carbonyl (C=O) groups is 2. The Balaban J connectivity index is 0.00000174. The van der Waals surface area contributed by atoms with Gasteiger partial charge in [0.1, 0.15) is 11.5 Å². The number of carboxylic acid groups (broad SMARTS) is 2. The van der Waals surface area contributed by atoms with E-state index in [4.69, 9.17) is 19.8 Å². The van der Waals surface area contributed by atoms with Crippen LogP contribution in [0.25, 0.3) is 0 Å². The average molecular weight is 634 g/mol. The normalized spacial score (nSPS) is 11.2. The first-order valence-electron chi connectivity index (χ1n) is 13.5. The van der Waals surface area contributed by atoms with Gasteiger partial charge in [0.15, 0.2) is 0 Å². The molecule has 0 aliphatic rings. The molecule has 0 unspecified atom stereocenters. The number of benzene rings is 3. The van der Waals surface area contributed by atoms with Gasteiger partial charge in [0.2, 0.25) is 0 Å². The maximum absolute atomic E-state index is 10.3. The molecule has 3 rings (SSSR count). The zero-order chi connectivity index (χ0) is 32.1. The van der Waals surface area contributed by atoms with Crippen LogP contribution in [0.4, 0.5) is 11.4 Å². The topological polar surface area (TPSA) is 145 Å². The van der Waals surface area contributed by atoms with Gasteiger partial charge >= 0.3 is 16.8 Å². The van der Waals surface area contributed by atoms with Crippen molar-refractivity contribution < 1.29 is 46.8 Å². The summed E-state index contributed by atoms with van der Waals surface area (Å²) >= 11 is 0. The number of aromatic hydroxyl groups is 2. The summed E-state index contributed by atoms with van der Waals surface area (Å²) in [6.07, 6.45) is 5.21. The van der Waals surface area contributed by atoms with Crippen molar-refractivity contribution in [1.29, 1.82) is 0 Å². The molecule has 0 saturated carbocycles. The van der Waals surface area contributed by atoms with Crippen LogP contribution in [0.2, 0.25) is 0 Å². The van der Waals surface area contributed by atoms with Gasteiger partial charge < -0.3 is 30.0 Å². The van der Waals surface area contributed by atoms with Gasteiger partial charge in [0.25, 0.3) is 0 Å². The number of carbonyl (C=O) groups excluding carboxylic acids is 2. The Labute approximate surface area is 265 Å². The Hall–Kier alpha value is -3.95. The molecule has 0 fully saturated rings. The van der Waals surface area contributed by atoms with Crippen molar-refractivity contribution in [2.75, 3.05) is 0 Å². The Morgan fingerprint density at radius 1 is 0.674 bits per heavy atom. The number of hydrogen-bond donors (Lipinski definition) is 2. The van der Waals surface area contributed by atoms with Gasteiger partial charge in [-0.2, -0.15) is 0 Å². The maximum Gasteiger partial charge on any atom is 2.00 e. The third-order valence-corrected chi connectivity index (χ3v) is 5.19. The molecule has 0 spiro atoms. The Kier molecular flexibility index (Phi) is 16.2. The van der Waals surface area contributed by atoms with Crippen molar-refractivity contribution in [2.24, 2.45) is 20.8 Å². The van der Waals surface area contributed by atoms with Crippen LogP contribution < -0.4 is 10.2 Å². The van der Waals surface area contributed by atoms with Gasteiger partial charge in [-0.1, -0.05) is 59.7 Å². The molecule has 0 heterocycles. The molecule has 1 radical (unpaired) electrons. The molecular formula is C34H42CoN2O6. The Morgan fingerprint density at radius 2 is 1.00 bits per heavy atom. The van der Waals surface area contributed by atoms with Crippen LogP contribution >= 0.6 is 0 Å². The molecule has 0 aromatic heterocycles. The smallest absolute Gasteiger partial charge is 0.550 e. The van der Waals surface area contributed by atoms with Crippen LogP contribution in [0.3, 0.4) is 0 Å². The Morgan fingerprint density at radius 3 is 1.30 bits per heavy atom. The number of phenolic OH excluding ortho intramolecular Hbond substituents is 2. The second-order valence-electron chi connectivity index (χ2n) is 12.3. The number of rotatable bonds is 6. The minimum atomic E-state index is -1.08. The molecular weight excluding hydrogens is 591 g/mol. The zero-order valence-electron chi connectivity index (χ0n) is 26.1.